The van der Waals surface area contributed by atoms with Gasteiger partial charge >= 0.3 is 0 Å². The molecule has 35 heavy (non-hydrogen) atoms. The van der Waals surface area contributed by atoms with Gasteiger partial charge in [-0.1, -0.05) is 70.0 Å². The zero-order chi connectivity index (χ0) is 26.8. The van der Waals surface area contributed by atoms with E-state index in [0.717, 1.165) is 37.1 Å². The van der Waals surface area contributed by atoms with Crippen LogP contribution in [0.1, 0.15) is 85.1 Å². The number of aliphatic hydroxyl groups is 1. The highest BCUT2D eigenvalue weighted by atomic mass is 35.5. The monoisotopic (exact) mass is 499 g/mol. The van der Waals surface area contributed by atoms with Gasteiger partial charge in [-0.3, -0.25) is 5.01 Å². The molecule has 1 aliphatic heterocycles. The third kappa shape index (κ3) is 10.5. The number of rotatable bonds is 6. The van der Waals surface area contributed by atoms with Crippen LogP contribution in [0.25, 0.3) is 0 Å². The molecule has 0 bridgehead atoms. The number of nitriles is 1. The molecule has 1 N–H and O–H groups in total. The van der Waals surface area contributed by atoms with E-state index in [4.69, 9.17) is 31.5 Å². The topological polar surface area (TPSA) is 72.8 Å². The molecule has 6 heteroatoms. The van der Waals surface area contributed by atoms with Crippen molar-refractivity contribution in [3.05, 3.63) is 76.7 Å². The van der Waals surface area contributed by atoms with Crippen LogP contribution in [0.5, 0.6) is 0 Å². The first kappa shape index (κ1) is 32.2. The van der Waals surface area contributed by atoms with Crippen molar-refractivity contribution in [3.63, 3.8) is 0 Å². The number of hydrogen-bond acceptors (Lipinski definition) is 5. The minimum absolute atomic E-state index is 0.00789. The average molecular weight is 500 g/mol. The summed E-state index contributed by atoms with van der Waals surface area (Å²) in [6.07, 6.45) is 11.2. The van der Waals surface area contributed by atoms with Crippen molar-refractivity contribution >= 4 is 23.0 Å². The van der Waals surface area contributed by atoms with Gasteiger partial charge in [0.05, 0.1) is 22.5 Å². The predicted octanol–water partition coefficient (Wildman–Crippen LogP) is 8.71. The standard InChI is InChI=1S/C20H20ClN3O.C6H12.C2H6.CH4O/c1-3-4-6-14(2)18-12-19(20-7-5-10-25-20)24(23-18)16-9-8-15(13-22)17(21)11-16;1-4-5-6(2)3;2*1-2/h4-11,14,19H,3,12H2,1-2H3;5H,4H2,1-3H3;1-2H3;2H,1H3/b6-4-;;;. The van der Waals surface area contributed by atoms with Gasteiger partial charge in [0.15, 0.2) is 0 Å². The largest absolute Gasteiger partial charge is 0.467 e. The molecule has 0 saturated heterocycles. The van der Waals surface area contributed by atoms with Gasteiger partial charge in [-0.05, 0) is 57.0 Å². The molecule has 0 spiro atoms. The Hall–Kier alpha value is -2.81. The molecule has 5 nitrogen and oxygen atoms in total. The molecule has 1 aromatic heterocycles. The third-order valence-electron chi connectivity index (χ3n) is 4.94. The maximum Gasteiger partial charge on any atom is 0.128 e. The zero-order valence-corrected chi connectivity index (χ0v) is 23.3. The molecule has 192 valence electrons. The smallest absolute Gasteiger partial charge is 0.128 e. The van der Waals surface area contributed by atoms with Gasteiger partial charge in [-0.15, -0.1) is 0 Å². The third-order valence-corrected chi connectivity index (χ3v) is 5.25. The van der Waals surface area contributed by atoms with E-state index in [1.807, 2.05) is 37.1 Å². The normalized spacial score (nSPS) is 14.8. The van der Waals surface area contributed by atoms with Crippen LogP contribution in [0.2, 0.25) is 5.02 Å². The first-order valence-electron chi connectivity index (χ1n) is 12.3. The number of nitrogens with zero attached hydrogens (tertiary/aromatic N) is 3. The Morgan fingerprint density at radius 2 is 1.94 bits per heavy atom. The number of furan rings is 1. The molecule has 2 unspecified atom stereocenters. The molecule has 0 saturated carbocycles. The summed E-state index contributed by atoms with van der Waals surface area (Å²) >= 11 is 6.22. The summed E-state index contributed by atoms with van der Waals surface area (Å²) in [6, 6.07) is 11.3. The lowest BCUT2D eigenvalue weighted by Crippen LogP contribution is -2.18. The number of aliphatic hydroxyl groups excluding tert-OH is 1. The Labute approximate surface area is 217 Å². The second-order valence-corrected chi connectivity index (χ2v) is 8.17. The summed E-state index contributed by atoms with van der Waals surface area (Å²) in [7, 11) is 1.00. The highest BCUT2D eigenvalue weighted by molar-refractivity contribution is 6.32. The van der Waals surface area contributed by atoms with E-state index >= 15 is 0 Å². The lowest BCUT2D eigenvalue weighted by Gasteiger charge is -2.22. The number of allylic oxidation sites excluding steroid dienone is 4. The fourth-order valence-electron chi connectivity index (χ4n) is 3.35. The molecule has 0 fully saturated rings. The molecular weight excluding hydrogens is 458 g/mol. The fraction of sp³-hybridized carbons (Fsp3) is 0.448. The maximum atomic E-state index is 9.08. The Balaban J connectivity index is 0.000000997. The van der Waals surface area contributed by atoms with Crippen LogP contribution in [-0.4, -0.2) is 17.9 Å². The Bertz CT molecular complexity index is 968. The number of hydrogen-bond donors (Lipinski definition) is 1. The van der Waals surface area contributed by atoms with Crippen LogP contribution in [0, 0.1) is 17.2 Å². The van der Waals surface area contributed by atoms with E-state index in [2.05, 4.69) is 58.9 Å². The molecule has 0 amide bonds. The van der Waals surface area contributed by atoms with Crippen molar-refractivity contribution in [2.45, 2.75) is 73.8 Å². The van der Waals surface area contributed by atoms with E-state index in [1.54, 1.807) is 18.4 Å². The van der Waals surface area contributed by atoms with E-state index in [1.165, 1.54) is 12.0 Å². The quantitative estimate of drug-likeness (QED) is 0.403. The molecule has 2 atom stereocenters. The summed E-state index contributed by atoms with van der Waals surface area (Å²) in [5.41, 5.74) is 3.83. The zero-order valence-electron chi connectivity index (χ0n) is 22.5. The number of anilines is 1. The van der Waals surface area contributed by atoms with Crippen LogP contribution in [-0.2, 0) is 0 Å². The van der Waals surface area contributed by atoms with Gasteiger partial charge < -0.3 is 9.52 Å². The number of hydrazone groups is 1. The Morgan fingerprint density at radius 3 is 2.40 bits per heavy atom. The van der Waals surface area contributed by atoms with Gasteiger partial charge in [-0.2, -0.15) is 10.4 Å². The van der Waals surface area contributed by atoms with Gasteiger partial charge in [0.2, 0.25) is 0 Å². The summed E-state index contributed by atoms with van der Waals surface area (Å²) in [6.45, 7) is 14.6. The first-order valence-corrected chi connectivity index (χ1v) is 12.6. The molecular formula is C29H42ClN3O2. The van der Waals surface area contributed by atoms with Crippen LogP contribution < -0.4 is 5.01 Å². The summed E-state index contributed by atoms with van der Waals surface area (Å²) in [5.74, 6) is 1.13. The Morgan fingerprint density at radius 1 is 1.26 bits per heavy atom. The fourth-order valence-corrected chi connectivity index (χ4v) is 3.56. The van der Waals surface area contributed by atoms with E-state index in [9.17, 15) is 0 Å². The molecule has 3 rings (SSSR count). The van der Waals surface area contributed by atoms with Crippen LogP contribution in [0.15, 0.2) is 69.9 Å². The second-order valence-electron chi connectivity index (χ2n) is 7.76. The van der Waals surface area contributed by atoms with Crippen molar-refractivity contribution in [1.82, 2.24) is 0 Å². The van der Waals surface area contributed by atoms with Crippen LogP contribution >= 0.6 is 11.6 Å². The highest BCUT2D eigenvalue weighted by Crippen LogP contribution is 2.38. The summed E-state index contributed by atoms with van der Waals surface area (Å²) in [5, 5.41) is 23.3. The van der Waals surface area contributed by atoms with Crippen LogP contribution in [0.3, 0.4) is 0 Å². The van der Waals surface area contributed by atoms with Crippen molar-refractivity contribution in [3.8, 4) is 6.07 Å². The maximum absolute atomic E-state index is 9.08. The predicted molar refractivity (Wildman–Crippen MR) is 150 cm³/mol. The number of halogens is 1. The van der Waals surface area contributed by atoms with Gasteiger partial charge in [0.1, 0.15) is 17.9 Å². The molecule has 1 aliphatic rings. The summed E-state index contributed by atoms with van der Waals surface area (Å²) in [4.78, 5) is 0. The van der Waals surface area contributed by atoms with Gasteiger partial charge in [0, 0.05) is 25.2 Å². The van der Waals surface area contributed by atoms with Crippen LogP contribution in [0.4, 0.5) is 5.69 Å². The van der Waals surface area contributed by atoms with Crippen molar-refractivity contribution < 1.29 is 9.52 Å². The summed E-state index contributed by atoms with van der Waals surface area (Å²) < 4.78 is 5.64. The molecule has 2 aromatic rings. The lowest BCUT2D eigenvalue weighted by atomic mass is 9.98. The lowest BCUT2D eigenvalue weighted by molar-refractivity contribution is 0.399. The first-order chi connectivity index (χ1) is 16.9. The van der Waals surface area contributed by atoms with Gasteiger partial charge in [0.25, 0.3) is 0 Å². The molecule has 0 aliphatic carbocycles. The second kappa shape index (κ2) is 18.5. The molecule has 2 heterocycles. The van der Waals surface area contributed by atoms with E-state index in [0.29, 0.717) is 10.6 Å². The minimum Gasteiger partial charge on any atom is -0.467 e. The SMILES string of the molecule is CC.CC/C=C\C(C)C1=NN(c2ccc(C#N)c(Cl)c2)C(c2ccco2)C1.CCC=C(C)C.CO. The molecule has 0 radical (unpaired) electrons. The van der Waals surface area contributed by atoms with E-state index < -0.39 is 0 Å². The van der Waals surface area contributed by atoms with Crippen molar-refractivity contribution in [1.29, 1.82) is 5.26 Å². The van der Waals surface area contributed by atoms with Crippen molar-refractivity contribution in [2.75, 3.05) is 12.1 Å². The van der Waals surface area contributed by atoms with E-state index in [-0.39, 0.29) is 12.0 Å². The van der Waals surface area contributed by atoms with Gasteiger partial charge in [-0.25, -0.2) is 0 Å². The molecule has 1 aromatic carbocycles. The average Bonchev–Trinajstić information content (AvgIpc) is 3.55. The number of benzene rings is 1. The highest BCUT2D eigenvalue weighted by Gasteiger charge is 2.32. The Kier molecular flexibility index (Phi) is 17.0. The minimum atomic E-state index is -0.00789. The van der Waals surface area contributed by atoms with Crippen molar-refractivity contribution in [2.24, 2.45) is 11.0 Å².